The third-order valence-electron chi connectivity index (χ3n) is 3.63. The van der Waals surface area contributed by atoms with Crippen molar-refractivity contribution in [3.8, 4) is 0 Å². The first-order valence-electron chi connectivity index (χ1n) is 7.10. The third kappa shape index (κ3) is 3.64. The van der Waals surface area contributed by atoms with E-state index in [4.69, 9.17) is 4.74 Å². The first kappa shape index (κ1) is 16.6. The van der Waals surface area contributed by atoms with Gasteiger partial charge in [-0.05, 0) is 49.6 Å². The lowest BCUT2D eigenvalue weighted by Gasteiger charge is -2.33. The number of rotatable bonds is 3. The van der Waals surface area contributed by atoms with Crippen LogP contribution in [-0.4, -0.2) is 36.7 Å². The molecule has 0 radical (unpaired) electrons. The molecule has 1 unspecified atom stereocenters. The summed E-state index contributed by atoms with van der Waals surface area (Å²) in [6.07, 6.45) is 1.58. The zero-order valence-corrected chi connectivity index (χ0v) is 15.6. The van der Waals surface area contributed by atoms with Crippen molar-refractivity contribution in [1.82, 2.24) is 9.97 Å². The molecule has 3 rings (SSSR count). The Kier molecular flexibility index (Phi) is 5.13. The molecule has 0 saturated carbocycles. The molecule has 1 saturated heterocycles. The number of hydrogen-bond acceptors (Lipinski definition) is 5. The van der Waals surface area contributed by atoms with E-state index in [0.29, 0.717) is 30.1 Å². The van der Waals surface area contributed by atoms with Crippen LogP contribution < -0.4 is 10.2 Å². The first-order valence-corrected chi connectivity index (χ1v) is 8.69. The Morgan fingerprint density at radius 3 is 2.91 bits per heavy atom. The van der Waals surface area contributed by atoms with Crippen LogP contribution in [0.2, 0.25) is 0 Å². The van der Waals surface area contributed by atoms with Crippen molar-refractivity contribution in [2.75, 3.05) is 37.0 Å². The molecule has 0 aliphatic carbocycles. The highest BCUT2D eigenvalue weighted by Gasteiger charge is 2.24. The minimum Gasteiger partial charge on any atom is -0.372 e. The van der Waals surface area contributed by atoms with Crippen LogP contribution in [0.1, 0.15) is 11.7 Å². The summed E-state index contributed by atoms with van der Waals surface area (Å²) in [5.41, 5.74) is 0.925. The summed E-state index contributed by atoms with van der Waals surface area (Å²) in [6, 6.07) is 4.94. The molecule has 2 aromatic rings. The van der Waals surface area contributed by atoms with Crippen molar-refractivity contribution in [3.05, 3.63) is 44.7 Å². The lowest BCUT2D eigenvalue weighted by Crippen LogP contribution is -2.39. The molecule has 122 valence electrons. The van der Waals surface area contributed by atoms with Crippen LogP contribution >= 0.6 is 31.9 Å². The van der Waals surface area contributed by atoms with Gasteiger partial charge < -0.3 is 15.0 Å². The molecule has 1 N–H and O–H groups in total. The van der Waals surface area contributed by atoms with Crippen molar-refractivity contribution < 1.29 is 9.13 Å². The van der Waals surface area contributed by atoms with Crippen LogP contribution in [0.5, 0.6) is 0 Å². The highest BCUT2D eigenvalue weighted by Crippen LogP contribution is 2.28. The number of morpholine rings is 1. The molecule has 1 fully saturated rings. The molecule has 0 spiro atoms. The molecule has 1 aromatic carbocycles. The van der Waals surface area contributed by atoms with Crippen molar-refractivity contribution in [3.63, 3.8) is 0 Å². The van der Waals surface area contributed by atoms with E-state index in [0.717, 1.165) is 15.9 Å². The number of aromatic nitrogens is 2. The summed E-state index contributed by atoms with van der Waals surface area (Å²) in [4.78, 5) is 10.9. The minimum absolute atomic E-state index is 0.147. The van der Waals surface area contributed by atoms with E-state index in [1.165, 1.54) is 6.07 Å². The molecule has 8 heteroatoms. The summed E-state index contributed by atoms with van der Waals surface area (Å²) < 4.78 is 20.5. The van der Waals surface area contributed by atoms with Gasteiger partial charge >= 0.3 is 0 Å². The maximum Gasteiger partial charge on any atom is 0.227 e. The largest absolute Gasteiger partial charge is 0.372 e. The molecule has 23 heavy (non-hydrogen) atoms. The van der Waals surface area contributed by atoms with Gasteiger partial charge in [0, 0.05) is 19.8 Å². The predicted molar refractivity (Wildman–Crippen MR) is 94.3 cm³/mol. The van der Waals surface area contributed by atoms with Crippen molar-refractivity contribution in [1.29, 1.82) is 0 Å². The number of ether oxygens (including phenoxy) is 1. The Labute approximate surface area is 150 Å². The number of benzene rings is 1. The Balaban J connectivity index is 1.81. The van der Waals surface area contributed by atoms with Crippen LogP contribution in [0.25, 0.3) is 0 Å². The van der Waals surface area contributed by atoms with E-state index in [-0.39, 0.29) is 11.9 Å². The molecule has 0 amide bonds. The third-order valence-corrected chi connectivity index (χ3v) is 4.82. The van der Waals surface area contributed by atoms with Crippen LogP contribution in [0.4, 0.5) is 16.2 Å². The zero-order valence-electron chi connectivity index (χ0n) is 12.4. The molecule has 0 bridgehead atoms. The van der Waals surface area contributed by atoms with Gasteiger partial charge in [0.1, 0.15) is 17.7 Å². The number of anilines is 2. The maximum atomic E-state index is 13.4. The number of nitrogens with zero attached hydrogens (tertiary/aromatic N) is 3. The van der Waals surface area contributed by atoms with Gasteiger partial charge in [0.2, 0.25) is 5.95 Å². The summed E-state index contributed by atoms with van der Waals surface area (Å²) in [6.45, 7) is 1.89. The van der Waals surface area contributed by atoms with E-state index in [1.54, 1.807) is 18.3 Å². The van der Waals surface area contributed by atoms with Crippen molar-refractivity contribution in [2.45, 2.75) is 6.10 Å². The van der Waals surface area contributed by atoms with Crippen molar-refractivity contribution in [2.24, 2.45) is 0 Å². The molecule has 1 atom stereocenters. The van der Waals surface area contributed by atoms with E-state index in [1.807, 2.05) is 7.05 Å². The van der Waals surface area contributed by atoms with Gasteiger partial charge in [-0.25, -0.2) is 9.37 Å². The lowest BCUT2D eigenvalue weighted by molar-refractivity contribution is 0.0391. The molecule has 2 heterocycles. The fourth-order valence-electron chi connectivity index (χ4n) is 2.43. The number of halogens is 3. The second kappa shape index (κ2) is 7.11. The summed E-state index contributed by atoms with van der Waals surface area (Å²) >= 11 is 6.62. The van der Waals surface area contributed by atoms with Crippen molar-refractivity contribution >= 4 is 43.6 Å². The Hall–Kier alpha value is -1.25. The molecule has 1 aliphatic heterocycles. The second-order valence-electron chi connectivity index (χ2n) is 5.10. The molecule has 5 nitrogen and oxygen atoms in total. The average Bonchev–Trinajstić information content (AvgIpc) is 2.58. The smallest absolute Gasteiger partial charge is 0.227 e. The molecular weight excluding hydrogens is 431 g/mol. The van der Waals surface area contributed by atoms with Crippen LogP contribution in [-0.2, 0) is 4.74 Å². The number of hydrogen-bond donors (Lipinski definition) is 1. The van der Waals surface area contributed by atoms with Gasteiger partial charge in [-0.1, -0.05) is 6.07 Å². The lowest BCUT2D eigenvalue weighted by atomic mass is 10.1. The van der Waals surface area contributed by atoms with E-state index in [2.05, 4.69) is 52.0 Å². The van der Waals surface area contributed by atoms with E-state index in [9.17, 15) is 4.39 Å². The second-order valence-corrected chi connectivity index (χ2v) is 6.80. The minimum atomic E-state index is -0.281. The Bertz CT molecular complexity index is 716. The van der Waals surface area contributed by atoms with Gasteiger partial charge in [0.15, 0.2) is 0 Å². The zero-order chi connectivity index (χ0) is 16.4. The predicted octanol–water partition coefficient (Wildman–Crippen LogP) is 3.76. The monoisotopic (exact) mass is 444 g/mol. The molecule has 1 aliphatic rings. The molecule has 1 aromatic heterocycles. The fourth-order valence-corrected chi connectivity index (χ4v) is 3.22. The summed E-state index contributed by atoms with van der Waals surface area (Å²) in [5.74, 6) is 1.10. The van der Waals surface area contributed by atoms with E-state index >= 15 is 0 Å². The quantitative estimate of drug-likeness (QED) is 0.779. The Morgan fingerprint density at radius 1 is 1.35 bits per heavy atom. The van der Waals surface area contributed by atoms with E-state index < -0.39 is 0 Å². The number of nitrogens with one attached hydrogen (secondary N) is 1. The maximum absolute atomic E-state index is 13.4. The van der Waals surface area contributed by atoms with Crippen LogP contribution in [0.3, 0.4) is 0 Å². The van der Waals surface area contributed by atoms with Gasteiger partial charge in [-0.15, -0.1) is 0 Å². The van der Waals surface area contributed by atoms with Gasteiger partial charge in [0.25, 0.3) is 0 Å². The normalized spacial score (nSPS) is 18.1. The van der Waals surface area contributed by atoms with Crippen LogP contribution in [0, 0.1) is 5.82 Å². The SMILES string of the molecule is CNc1nc(N2CCOC(c3ccc(F)c(Br)c3)C2)ncc1Br. The topological polar surface area (TPSA) is 50.3 Å². The van der Waals surface area contributed by atoms with Gasteiger partial charge in [-0.3, -0.25) is 0 Å². The van der Waals surface area contributed by atoms with Crippen LogP contribution in [0.15, 0.2) is 33.3 Å². The highest BCUT2D eigenvalue weighted by atomic mass is 79.9. The van der Waals surface area contributed by atoms with Gasteiger partial charge in [0.05, 0.1) is 22.1 Å². The highest BCUT2D eigenvalue weighted by molar-refractivity contribution is 9.10. The standard InChI is InChI=1S/C15H15Br2FN4O/c1-19-14-11(17)7-20-15(21-14)22-4-5-23-13(8-22)9-2-3-12(18)10(16)6-9/h2-3,6-7,13H,4-5,8H2,1H3,(H,19,20,21). The first-order chi connectivity index (χ1) is 11.1. The summed E-state index contributed by atoms with van der Waals surface area (Å²) in [5, 5.41) is 3.03. The fraction of sp³-hybridized carbons (Fsp3) is 0.333. The average molecular weight is 446 g/mol. The van der Waals surface area contributed by atoms with Gasteiger partial charge in [-0.2, -0.15) is 4.98 Å². The summed E-state index contributed by atoms with van der Waals surface area (Å²) in [7, 11) is 1.81. The molecular formula is C15H15Br2FN4O. The Morgan fingerprint density at radius 2 is 2.17 bits per heavy atom.